The number of anilines is 1. The number of nitro benzene ring substituents is 1. The zero-order valence-electron chi connectivity index (χ0n) is 13.8. The van der Waals surface area contributed by atoms with E-state index in [-0.39, 0.29) is 16.5 Å². The van der Waals surface area contributed by atoms with Crippen LogP contribution in [-0.4, -0.2) is 25.9 Å². The Morgan fingerprint density at radius 3 is 2.43 bits per heavy atom. The Hall–Kier alpha value is -1.65. The number of nitrogens with zero attached hydrogens (tertiary/aromatic N) is 1. The summed E-state index contributed by atoms with van der Waals surface area (Å²) < 4.78 is -1.26. The number of nitrogens with one attached hydrogen (secondary N) is 3. The smallest absolute Gasteiger partial charge is 0.292 e. The molecular formula is C16H12BrCl3N4O3S. The number of carbonyl (C=O) groups is 1. The van der Waals surface area contributed by atoms with Crippen molar-refractivity contribution in [1.29, 1.82) is 0 Å². The molecule has 0 aromatic heterocycles. The van der Waals surface area contributed by atoms with Gasteiger partial charge in [0.1, 0.15) is 11.9 Å². The highest BCUT2D eigenvalue weighted by Gasteiger charge is 2.35. The third kappa shape index (κ3) is 6.46. The molecule has 2 rings (SSSR count). The van der Waals surface area contributed by atoms with Gasteiger partial charge in [0.15, 0.2) is 5.11 Å². The first kappa shape index (κ1) is 22.6. The molecule has 0 aliphatic heterocycles. The fourth-order valence-corrected chi connectivity index (χ4v) is 3.03. The number of hydrogen-bond acceptors (Lipinski definition) is 4. The molecule has 2 aromatic carbocycles. The minimum Gasteiger partial charge on any atom is -0.339 e. The standard InChI is InChI=1S/C16H12BrCl3N4O3S/c17-10-5-3-4-9(8-10)13(25)22-14(16(18,19)20)23-15(28)21-11-6-1-2-7-12(11)24(26)27/h1-8,14H,(H,22,25)(H2,21,23,28)/t14-/m0/s1. The van der Waals surface area contributed by atoms with E-state index in [1.165, 1.54) is 18.2 Å². The van der Waals surface area contributed by atoms with Crippen LogP contribution in [0, 0.1) is 10.1 Å². The van der Waals surface area contributed by atoms with Gasteiger partial charge in [-0.2, -0.15) is 0 Å². The Morgan fingerprint density at radius 2 is 1.82 bits per heavy atom. The van der Waals surface area contributed by atoms with Crippen LogP contribution in [0.15, 0.2) is 53.0 Å². The van der Waals surface area contributed by atoms with Gasteiger partial charge in [0.2, 0.25) is 3.79 Å². The molecule has 12 heteroatoms. The van der Waals surface area contributed by atoms with Gasteiger partial charge in [0, 0.05) is 16.1 Å². The molecule has 148 valence electrons. The van der Waals surface area contributed by atoms with Gasteiger partial charge < -0.3 is 16.0 Å². The van der Waals surface area contributed by atoms with Crippen molar-refractivity contribution < 1.29 is 9.72 Å². The van der Waals surface area contributed by atoms with Crippen LogP contribution in [0.5, 0.6) is 0 Å². The van der Waals surface area contributed by atoms with Crippen molar-refractivity contribution in [2.24, 2.45) is 0 Å². The number of amides is 1. The molecule has 3 N–H and O–H groups in total. The van der Waals surface area contributed by atoms with Crippen LogP contribution >= 0.6 is 63.0 Å². The highest BCUT2D eigenvalue weighted by Crippen LogP contribution is 2.30. The van der Waals surface area contributed by atoms with E-state index >= 15 is 0 Å². The Kier molecular flexibility index (Phi) is 7.85. The van der Waals surface area contributed by atoms with Crippen LogP contribution in [-0.2, 0) is 0 Å². The Labute approximate surface area is 189 Å². The second-order valence-electron chi connectivity index (χ2n) is 5.33. The maximum absolute atomic E-state index is 12.4. The molecule has 0 unspecified atom stereocenters. The first-order chi connectivity index (χ1) is 13.1. The SMILES string of the molecule is O=C(N[C@@H](NC(=S)Nc1ccccc1[N+](=O)[O-])C(Cl)(Cl)Cl)c1cccc(Br)c1. The Balaban J connectivity index is 2.13. The van der Waals surface area contributed by atoms with Gasteiger partial charge in [-0.3, -0.25) is 14.9 Å². The largest absolute Gasteiger partial charge is 0.339 e. The van der Waals surface area contributed by atoms with Crippen molar-refractivity contribution in [2.45, 2.75) is 9.96 Å². The van der Waals surface area contributed by atoms with Gasteiger partial charge in [-0.1, -0.05) is 68.9 Å². The number of nitro groups is 1. The second kappa shape index (κ2) is 9.71. The van der Waals surface area contributed by atoms with E-state index in [9.17, 15) is 14.9 Å². The van der Waals surface area contributed by atoms with E-state index in [0.717, 1.165) is 0 Å². The number of rotatable bonds is 5. The first-order valence-corrected chi connectivity index (χ1v) is 9.85. The number of halogens is 4. The molecule has 1 atom stereocenters. The zero-order valence-corrected chi connectivity index (χ0v) is 18.5. The third-order valence-electron chi connectivity index (χ3n) is 3.31. The molecule has 0 fully saturated rings. The van der Waals surface area contributed by atoms with Gasteiger partial charge >= 0.3 is 0 Å². The zero-order chi connectivity index (χ0) is 20.9. The molecule has 7 nitrogen and oxygen atoms in total. The van der Waals surface area contributed by atoms with E-state index in [1.54, 1.807) is 30.3 Å². The summed E-state index contributed by atoms with van der Waals surface area (Å²) in [5, 5.41) is 18.8. The van der Waals surface area contributed by atoms with E-state index in [4.69, 9.17) is 47.0 Å². The summed E-state index contributed by atoms with van der Waals surface area (Å²) in [7, 11) is 0. The van der Waals surface area contributed by atoms with Crippen molar-refractivity contribution in [3.05, 3.63) is 68.7 Å². The quantitative estimate of drug-likeness (QED) is 0.171. The summed E-state index contributed by atoms with van der Waals surface area (Å²) in [6.45, 7) is 0. The molecule has 0 saturated carbocycles. The lowest BCUT2D eigenvalue weighted by molar-refractivity contribution is -0.383. The molecule has 0 heterocycles. The first-order valence-electron chi connectivity index (χ1n) is 7.52. The van der Waals surface area contributed by atoms with Gasteiger partial charge in [-0.15, -0.1) is 0 Å². The summed E-state index contributed by atoms with van der Waals surface area (Å²) in [5.41, 5.74) is 0.287. The molecule has 0 radical (unpaired) electrons. The summed E-state index contributed by atoms with van der Waals surface area (Å²) in [4.78, 5) is 23.0. The van der Waals surface area contributed by atoms with Gasteiger partial charge in [0.25, 0.3) is 11.6 Å². The van der Waals surface area contributed by atoms with Crippen LogP contribution in [0.2, 0.25) is 0 Å². The summed E-state index contributed by atoms with van der Waals surface area (Å²) in [6, 6.07) is 12.5. The van der Waals surface area contributed by atoms with Crippen LogP contribution < -0.4 is 16.0 Å². The molecule has 0 aliphatic carbocycles. The average Bonchev–Trinajstić information content (AvgIpc) is 2.60. The lowest BCUT2D eigenvalue weighted by Crippen LogP contribution is -2.56. The molecule has 0 aliphatic rings. The van der Waals surface area contributed by atoms with E-state index < -0.39 is 20.8 Å². The Morgan fingerprint density at radius 1 is 1.14 bits per heavy atom. The lowest BCUT2D eigenvalue weighted by atomic mass is 10.2. The number of hydrogen-bond donors (Lipinski definition) is 3. The van der Waals surface area contributed by atoms with Crippen LogP contribution in [0.1, 0.15) is 10.4 Å². The van der Waals surface area contributed by atoms with Gasteiger partial charge in [0.05, 0.1) is 4.92 Å². The third-order valence-corrected chi connectivity index (χ3v) is 4.68. The maximum atomic E-state index is 12.4. The Bertz CT molecular complexity index is 911. The average molecular weight is 527 g/mol. The second-order valence-corrected chi connectivity index (χ2v) is 9.02. The highest BCUT2D eigenvalue weighted by atomic mass is 79.9. The highest BCUT2D eigenvalue weighted by molar-refractivity contribution is 9.10. The van der Waals surface area contributed by atoms with Crippen LogP contribution in [0.4, 0.5) is 11.4 Å². The molecular weight excluding hydrogens is 515 g/mol. The molecule has 0 bridgehead atoms. The lowest BCUT2D eigenvalue weighted by Gasteiger charge is -2.27. The molecule has 2 aromatic rings. The summed E-state index contributed by atoms with van der Waals surface area (Å²) in [5.74, 6) is -0.515. The minimum atomic E-state index is -1.96. The van der Waals surface area contributed by atoms with Crippen molar-refractivity contribution in [3.8, 4) is 0 Å². The van der Waals surface area contributed by atoms with Gasteiger partial charge in [-0.25, -0.2) is 0 Å². The van der Waals surface area contributed by atoms with Crippen molar-refractivity contribution in [1.82, 2.24) is 10.6 Å². The predicted molar refractivity (Wildman–Crippen MR) is 118 cm³/mol. The fraction of sp³-hybridized carbons (Fsp3) is 0.125. The van der Waals surface area contributed by atoms with Gasteiger partial charge in [-0.05, 0) is 36.5 Å². The monoisotopic (exact) mass is 524 g/mol. The van der Waals surface area contributed by atoms with E-state index in [1.807, 2.05) is 0 Å². The molecule has 28 heavy (non-hydrogen) atoms. The van der Waals surface area contributed by atoms with Crippen molar-refractivity contribution in [2.75, 3.05) is 5.32 Å². The number of alkyl halides is 3. The summed E-state index contributed by atoms with van der Waals surface area (Å²) in [6.07, 6.45) is -1.22. The topological polar surface area (TPSA) is 96.3 Å². The van der Waals surface area contributed by atoms with Crippen LogP contribution in [0.3, 0.4) is 0 Å². The minimum absolute atomic E-state index is 0.0832. The molecule has 1 amide bonds. The van der Waals surface area contributed by atoms with Crippen LogP contribution in [0.25, 0.3) is 0 Å². The van der Waals surface area contributed by atoms with E-state index in [0.29, 0.717) is 10.0 Å². The number of carbonyl (C=O) groups excluding carboxylic acids is 1. The van der Waals surface area contributed by atoms with Crippen molar-refractivity contribution in [3.63, 3.8) is 0 Å². The summed E-state index contributed by atoms with van der Waals surface area (Å²) >= 11 is 26.2. The molecule has 0 spiro atoms. The number of benzene rings is 2. The van der Waals surface area contributed by atoms with Crippen molar-refractivity contribution >= 4 is 85.3 Å². The normalized spacial score (nSPS) is 12.0. The number of para-hydroxylation sites is 2. The fourth-order valence-electron chi connectivity index (χ4n) is 2.07. The predicted octanol–water partition coefficient (Wildman–Crippen LogP) is 4.77. The number of thiocarbonyl (C=S) groups is 1. The molecule has 0 saturated heterocycles. The van der Waals surface area contributed by atoms with E-state index in [2.05, 4.69) is 31.9 Å². The maximum Gasteiger partial charge on any atom is 0.292 e.